The molecule has 1 aromatic carbocycles. The molecule has 0 spiro atoms. The minimum Gasteiger partial charge on any atom is -0.322 e. The van der Waals surface area contributed by atoms with Crippen LogP contribution < -0.4 is 10.6 Å². The van der Waals surface area contributed by atoms with Crippen molar-refractivity contribution in [1.82, 2.24) is 20.4 Å². The van der Waals surface area contributed by atoms with Gasteiger partial charge in [0, 0.05) is 37.7 Å². The van der Waals surface area contributed by atoms with Crippen molar-refractivity contribution in [2.45, 2.75) is 57.8 Å². The summed E-state index contributed by atoms with van der Waals surface area (Å²) in [6.07, 6.45) is 3.08. The fraction of sp³-hybridized carbons (Fsp3) is 0.571. The molecule has 3 aliphatic heterocycles. The summed E-state index contributed by atoms with van der Waals surface area (Å²) >= 11 is 0. The first kappa shape index (κ1) is 19.1. The zero-order chi connectivity index (χ0) is 19.7. The highest BCUT2D eigenvalue weighted by molar-refractivity contribution is 6.05. The number of hydrogen-bond acceptors (Lipinski definition) is 5. The predicted molar refractivity (Wildman–Crippen MR) is 104 cm³/mol. The molecule has 150 valence electrons. The summed E-state index contributed by atoms with van der Waals surface area (Å²) in [6, 6.07) is 6.08. The molecular formula is C21H28N4O3. The molecule has 3 amide bonds. The lowest BCUT2D eigenvalue weighted by Crippen LogP contribution is -2.52. The molecule has 1 aromatic rings. The van der Waals surface area contributed by atoms with Gasteiger partial charge in [0.1, 0.15) is 6.04 Å². The molecule has 7 heteroatoms. The Morgan fingerprint density at radius 3 is 2.79 bits per heavy atom. The minimum absolute atomic E-state index is 0.103. The number of carbonyl (C=O) groups is 3. The Hall–Kier alpha value is -2.25. The Morgan fingerprint density at radius 2 is 2.07 bits per heavy atom. The van der Waals surface area contributed by atoms with Crippen LogP contribution >= 0.6 is 0 Å². The summed E-state index contributed by atoms with van der Waals surface area (Å²) < 4.78 is 0. The molecule has 2 fully saturated rings. The van der Waals surface area contributed by atoms with Crippen molar-refractivity contribution in [3.63, 3.8) is 0 Å². The van der Waals surface area contributed by atoms with Gasteiger partial charge in [0.2, 0.25) is 11.8 Å². The van der Waals surface area contributed by atoms with Crippen molar-refractivity contribution < 1.29 is 14.4 Å². The average molecular weight is 384 g/mol. The molecule has 0 aliphatic carbocycles. The second-order valence-corrected chi connectivity index (χ2v) is 7.95. The number of imide groups is 1. The SMILES string of the molecule is CCN(Cc1ccc2c(c1)C(=O)N(C1CCC(=O)NC1=O)C2)C1CCCNC1. The minimum atomic E-state index is -0.554. The third kappa shape index (κ3) is 3.69. The standard InChI is InChI=1S/C21H28N4O3/c1-2-24(16-4-3-9-22-11-16)12-14-5-6-15-13-25(21(28)17(15)10-14)18-7-8-19(26)23-20(18)27/h5-6,10,16,18,22H,2-4,7-9,11-13H2,1H3,(H,23,26,27). The van der Waals surface area contributed by atoms with Crippen molar-refractivity contribution in [3.8, 4) is 0 Å². The van der Waals surface area contributed by atoms with E-state index >= 15 is 0 Å². The fourth-order valence-corrected chi connectivity index (χ4v) is 4.58. The molecule has 0 saturated carbocycles. The number of piperidine rings is 2. The van der Waals surface area contributed by atoms with Crippen LogP contribution in [0.5, 0.6) is 0 Å². The number of rotatable bonds is 5. The number of amides is 3. The van der Waals surface area contributed by atoms with E-state index in [-0.39, 0.29) is 24.1 Å². The fourth-order valence-electron chi connectivity index (χ4n) is 4.58. The molecule has 0 aromatic heterocycles. The van der Waals surface area contributed by atoms with Gasteiger partial charge in [-0.05, 0) is 49.5 Å². The molecule has 2 saturated heterocycles. The van der Waals surface area contributed by atoms with E-state index in [2.05, 4.69) is 28.5 Å². The maximum atomic E-state index is 13.0. The highest BCUT2D eigenvalue weighted by Gasteiger charge is 2.39. The van der Waals surface area contributed by atoms with Gasteiger partial charge in [0.05, 0.1) is 0 Å². The van der Waals surface area contributed by atoms with Crippen LogP contribution in [0.4, 0.5) is 0 Å². The van der Waals surface area contributed by atoms with Gasteiger partial charge >= 0.3 is 0 Å². The van der Waals surface area contributed by atoms with Crippen LogP contribution in [0.3, 0.4) is 0 Å². The van der Waals surface area contributed by atoms with Crippen molar-refractivity contribution in [2.24, 2.45) is 0 Å². The third-order valence-electron chi connectivity index (χ3n) is 6.17. The van der Waals surface area contributed by atoms with Gasteiger partial charge in [-0.15, -0.1) is 0 Å². The number of likely N-dealkylation sites (N-methyl/N-ethyl adjacent to an activating group) is 1. The maximum Gasteiger partial charge on any atom is 0.255 e. The van der Waals surface area contributed by atoms with Crippen LogP contribution in [-0.2, 0) is 22.7 Å². The molecule has 0 radical (unpaired) electrons. The largest absolute Gasteiger partial charge is 0.322 e. The first-order valence-electron chi connectivity index (χ1n) is 10.3. The van der Waals surface area contributed by atoms with E-state index in [0.29, 0.717) is 24.6 Å². The lowest BCUT2D eigenvalue weighted by molar-refractivity contribution is -0.136. The summed E-state index contributed by atoms with van der Waals surface area (Å²) in [4.78, 5) is 40.6. The van der Waals surface area contributed by atoms with E-state index in [4.69, 9.17) is 0 Å². The summed E-state index contributed by atoms with van der Waals surface area (Å²) in [6.45, 7) is 6.52. The first-order chi connectivity index (χ1) is 13.6. The van der Waals surface area contributed by atoms with Crippen LogP contribution in [0.15, 0.2) is 18.2 Å². The summed E-state index contributed by atoms with van der Waals surface area (Å²) in [5.74, 6) is -0.724. The van der Waals surface area contributed by atoms with E-state index in [1.165, 1.54) is 12.8 Å². The number of nitrogens with one attached hydrogen (secondary N) is 2. The topological polar surface area (TPSA) is 81.8 Å². The lowest BCUT2D eigenvalue weighted by Gasteiger charge is -2.34. The van der Waals surface area contributed by atoms with Crippen molar-refractivity contribution in [2.75, 3.05) is 19.6 Å². The van der Waals surface area contributed by atoms with Gasteiger partial charge < -0.3 is 10.2 Å². The number of nitrogens with zero attached hydrogens (tertiary/aromatic N) is 2. The maximum absolute atomic E-state index is 13.0. The molecule has 0 bridgehead atoms. The molecule has 7 nitrogen and oxygen atoms in total. The molecule has 28 heavy (non-hydrogen) atoms. The quantitative estimate of drug-likeness (QED) is 0.741. The van der Waals surface area contributed by atoms with Gasteiger partial charge in [0.15, 0.2) is 0 Å². The van der Waals surface area contributed by atoms with Crippen molar-refractivity contribution in [1.29, 1.82) is 0 Å². The molecular weight excluding hydrogens is 356 g/mol. The molecule has 3 aliphatic rings. The number of carbonyl (C=O) groups excluding carboxylic acids is 3. The Morgan fingerprint density at radius 1 is 1.21 bits per heavy atom. The second-order valence-electron chi connectivity index (χ2n) is 7.95. The zero-order valence-electron chi connectivity index (χ0n) is 16.4. The Labute approximate surface area is 165 Å². The van der Waals surface area contributed by atoms with E-state index in [0.717, 1.165) is 37.3 Å². The molecule has 3 heterocycles. The summed E-state index contributed by atoms with van der Waals surface area (Å²) in [5, 5.41) is 5.82. The van der Waals surface area contributed by atoms with E-state index < -0.39 is 6.04 Å². The van der Waals surface area contributed by atoms with Crippen LogP contribution in [0.25, 0.3) is 0 Å². The Kier molecular flexibility index (Phi) is 5.46. The highest BCUT2D eigenvalue weighted by Crippen LogP contribution is 2.28. The third-order valence-corrected chi connectivity index (χ3v) is 6.17. The molecule has 2 N–H and O–H groups in total. The molecule has 4 rings (SSSR count). The normalized spacial score (nSPS) is 25.2. The average Bonchev–Trinajstić information content (AvgIpc) is 3.03. The van der Waals surface area contributed by atoms with Gasteiger partial charge in [-0.1, -0.05) is 19.1 Å². The number of fused-ring (bicyclic) bond motifs is 1. The monoisotopic (exact) mass is 384 g/mol. The van der Waals surface area contributed by atoms with Crippen LogP contribution in [0, 0.1) is 0 Å². The molecule has 2 unspecified atom stereocenters. The smallest absolute Gasteiger partial charge is 0.255 e. The predicted octanol–water partition coefficient (Wildman–Crippen LogP) is 1.02. The van der Waals surface area contributed by atoms with Crippen LogP contribution in [0.2, 0.25) is 0 Å². The number of hydrogen-bond donors (Lipinski definition) is 2. The van der Waals surface area contributed by atoms with Gasteiger partial charge in [-0.25, -0.2) is 0 Å². The van der Waals surface area contributed by atoms with Gasteiger partial charge in [0.25, 0.3) is 5.91 Å². The Balaban J connectivity index is 1.48. The number of benzene rings is 1. The summed E-state index contributed by atoms with van der Waals surface area (Å²) in [5.41, 5.74) is 2.78. The highest BCUT2D eigenvalue weighted by atomic mass is 16.2. The second kappa shape index (κ2) is 8.01. The first-order valence-corrected chi connectivity index (χ1v) is 10.3. The van der Waals surface area contributed by atoms with Crippen LogP contribution in [-0.4, -0.2) is 59.2 Å². The molecule has 2 atom stereocenters. The van der Waals surface area contributed by atoms with Gasteiger partial charge in [-0.2, -0.15) is 0 Å². The van der Waals surface area contributed by atoms with E-state index in [1.54, 1.807) is 4.90 Å². The van der Waals surface area contributed by atoms with Crippen LogP contribution in [0.1, 0.15) is 54.1 Å². The van der Waals surface area contributed by atoms with E-state index in [9.17, 15) is 14.4 Å². The summed E-state index contributed by atoms with van der Waals surface area (Å²) in [7, 11) is 0. The van der Waals surface area contributed by atoms with Gasteiger partial charge in [-0.3, -0.25) is 24.6 Å². The van der Waals surface area contributed by atoms with Crippen molar-refractivity contribution in [3.05, 3.63) is 34.9 Å². The lowest BCUT2D eigenvalue weighted by atomic mass is 10.0. The van der Waals surface area contributed by atoms with E-state index in [1.807, 2.05) is 12.1 Å². The zero-order valence-corrected chi connectivity index (χ0v) is 16.4. The Bertz CT molecular complexity index is 788. The van der Waals surface area contributed by atoms with Crippen molar-refractivity contribution >= 4 is 17.7 Å².